The highest BCUT2D eigenvalue weighted by Crippen LogP contribution is 2.33. The number of hydrogen-bond donors (Lipinski definition) is 1. The number of anilines is 1. The van der Waals surface area contributed by atoms with E-state index in [1.54, 1.807) is 48.5 Å². The van der Waals surface area contributed by atoms with Crippen molar-refractivity contribution < 1.29 is 28.3 Å². The number of nitrogens with zero attached hydrogens (tertiary/aromatic N) is 1. The predicted molar refractivity (Wildman–Crippen MR) is 116 cm³/mol. The summed E-state index contributed by atoms with van der Waals surface area (Å²) in [6, 6.07) is 14.8. The van der Waals surface area contributed by atoms with Gasteiger partial charge in [0.15, 0.2) is 19.0 Å². The van der Waals surface area contributed by atoms with Crippen LogP contribution in [0.1, 0.15) is 16.1 Å². The Labute approximate surface area is 188 Å². The zero-order valence-electron chi connectivity index (χ0n) is 16.9. The number of benzene rings is 2. The molecule has 0 spiro atoms. The quantitative estimate of drug-likeness (QED) is 0.525. The first-order valence-corrected chi connectivity index (χ1v) is 10.2. The molecule has 0 saturated heterocycles. The normalized spacial score (nSPS) is 12.7. The highest BCUT2D eigenvalue weighted by molar-refractivity contribution is 6.30. The second-order valence-electron chi connectivity index (χ2n) is 6.97. The zero-order chi connectivity index (χ0) is 22.5. The molecular formula is C23H19ClN2O6. The molecule has 32 heavy (non-hydrogen) atoms. The molecule has 8 nitrogen and oxygen atoms in total. The van der Waals surface area contributed by atoms with Crippen LogP contribution in [0, 0.1) is 0 Å². The van der Waals surface area contributed by atoms with Crippen molar-refractivity contribution in [1.82, 2.24) is 5.32 Å². The van der Waals surface area contributed by atoms with Crippen LogP contribution in [0.5, 0.6) is 11.5 Å². The monoisotopic (exact) mass is 454 g/mol. The van der Waals surface area contributed by atoms with E-state index in [2.05, 4.69) is 5.32 Å². The number of ketones is 1. The third-order valence-electron chi connectivity index (χ3n) is 4.75. The van der Waals surface area contributed by atoms with E-state index in [9.17, 15) is 14.4 Å². The Kier molecular flexibility index (Phi) is 6.42. The van der Waals surface area contributed by atoms with Crippen molar-refractivity contribution in [3.63, 3.8) is 0 Å². The van der Waals surface area contributed by atoms with Crippen molar-refractivity contribution in [3.05, 3.63) is 77.2 Å². The molecule has 1 aromatic heterocycles. The number of Topliss-reactive ketones (excluding diaryl/α,β-unsaturated/α-hetero) is 1. The van der Waals surface area contributed by atoms with Crippen molar-refractivity contribution in [3.8, 4) is 11.5 Å². The number of furan rings is 1. The Morgan fingerprint density at radius 1 is 1.12 bits per heavy atom. The average Bonchev–Trinajstić information content (AvgIpc) is 3.32. The molecule has 0 unspecified atom stereocenters. The number of carbonyl (C=O) groups is 3. The number of fused-ring (bicyclic) bond motifs is 1. The van der Waals surface area contributed by atoms with Gasteiger partial charge in [0.2, 0.25) is 5.91 Å². The van der Waals surface area contributed by atoms with Gasteiger partial charge in [-0.25, -0.2) is 0 Å². The van der Waals surface area contributed by atoms with Gasteiger partial charge in [-0.15, -0.1) is 0 Å². The van der Waals surface area contributed by atoms with Crippen LogP contribution >= 0.6 is 11.6 Å². The maximum atomic E-state index is 12.6. The first kappa shape index (κ1) is 21.5. The molecule has 9 heteroatoms. The van der Waals surface area contributed by atoms with Gasteiger partial charge in [-0.1, -0.05) is 11.6 Å². The summed E-state index contributed by atoms with van der Waals surface area (Å²) in [4.78, 5) is 38.7. The number of carbonyl (C=O) groups excluding carboxylic acids is 3. The molecule has 164 valence electrons. The molecule has 2 amide bonds. The third kappa shape index (κ3) is 5.09. The Morgan fingerprint density at radius 2 is 1.94 bits per heavy atom. The second kappa shape index (κ2) is 9.57. The molecule has 1 N–H and O–H groups in total. The van der Waals surface area contributed by atoms with Gasteiger partial charge in [-0.2, -0.15) is 0 Å². The lowest BCUT2D eigenvalue weighted by molar-refractivity contribution is -0.125. The van der Waals surface area contributed by atoms with E-state index in [0.29, 0.717) is 33.5 Å². The van der Waals surface area contributed by atoms with Gasteiger partial charge in [-0.3, -0.25) is 19.3 Å². The number of rotatable bonds is 8. The van der Waals surface area contributed by atoms with Crippen molar-refractivity contribution in [2.45, 2.75) is 6.54 Å². The number of halogens is 1. The van der Waals surface area contributed by atoms with Crippen LogP contribution in [-0.4, -0.2) is 37.4 Å². The Balaban J connectivity index is 1.44. The van der Waals surface area contributed by atoms with Crippen molar-refractivity contribution >= 4 is 34.9 Å². The molecule has 4 rings (SSSR count). The minimum atomic E-state index is -0.382. The molecule has 0 saturated carbocycles. The standard InChI is InChI=1S/C23H19ClN2O6/c24-16-4-6-17(7-5-16)31-13-20(27)15-3-8-21-19(10-15)26(23(29)14-32-21)12-22(28)25-11-18-2-1-9-30-18/h1-10H,11-14H2,(H,25,28). The Morgan fingerprint density at radius 3 is 2.69 bits per heavy atom. The van der Waals surface area contributed by atoms with E-state index in [1.165, 1.54) is 17.2 Å². The summed E-state index contributed by atoms with van der Waals surface area (Å²) in [5, 5.41) is 3.27. The van der Waals surface area contributed by atoms with Crippen LogP contribution in [0.15, 0.2) is 65.3 Å². The minimum absolute atomic E-state index is 0.189. The van der Waals surface area contributed by atoms with E-state index < -0.39 is 0 Å². The fourth-order valence-electron chi connectivity index (χ4n) is 3.11. The molecular weight excluding hydrogens is 436 g/mol. The van der Waals surface area contributed by atoms with Gasteiger partial charge in [0.05, 0.1) is 18.5 Å². The van der Waals surface area contributed by atoms with Crippen LogP contribution in [0.2, 0.25) is 5.02 Å². The molecule has 2 aromatic carbocycles. The molecule has 0 radical (unpaired) electrons. The highest BCUT2D eigenvalue weighted by Gasteiger charge is 2.28. The third-order valence-corrected chi connectivity index (χ3v) is 5.00. The summed E-state index contributed by atoms with van der Waals surface area (Å²) >= 11 is 5.85. The van der Waals surface area contributed by atoms with Gasteiger partial charge in [0, 0.05) is 10.6 Å². The van der Waals surface area contributed by atoms with E-state index in [0.717, 1.165) is 0 Å². The summed E-state index contributed by atoms with van der Waals surface area (Å²) in [7, 11) is 0. The molecule has 0 aliphatic carbocycles. The van der Waals surface area contributed by atoms with Gasteiger partial charge >= 0.3 is 0 Å². The fourth-order valence-corrected chi connectivity index (χ4v) is 3.24. The molecule has 1 aliphatic rings. The summed E-state index contributed by atoms with van der Waals surface area (Å²) in [5.41, 5.74) is 0.684. The van der Waals surface area contributed by atoms with Gasteiger partial charge < -0.3 is 19.2 Å². The lowest BCUT2D eigenvalue weighted by Gasteiger charge is -2.29. The number of nitrogens with one attached hydrogen (secondary N) is 1. The Hall–Kier alpha value is -3.78. The highest BCUT2D eigenvalue weighted by atomic mass is 35.5. The van der Waals surface area contributed by atoms with Crippen LogP contribution in [0.4, 0.5) is 5.69 Å². The van der Waals surface area contributed by atoms with Crippen LogP contribution < -0.4 is 19.7 Å². The molecule has 0 fully saturated rings. The lowest BCUT2D eigenvalue weighted by atomic mass is 10.1. The average molecular weight is 455 g/mol. The number of ether oxygens (including phenoxy) is 2. The van der Waals surface area contributed by atoms with Gasteiger partial charge in [-0.05, 0) is 54.6 Å². The first-order valence-electron chi connectivity index (χ1n) is 9.77. The molecule has 0 bridgehead atoms. The molecule has 3 aromatic rings. The summed E-state index contributed by atoms with van der Waals surface area (Å²) in [6.07, 6.45) is 1.51. The summed E-state index contributed by atoms with van der Waals surface area (Å²) in [6.45, 7) is -0.392. The van der Waals surface area contributed by atoms with Crippen LogP contribution in [0.3, 0.4) is 0 Å². The predicted octanol–water partition coefficient (Wildman–Crippen LogP) is 3.24. The summed E-state index contributed by atoms with van der Waals surface area (Å²) < 4.78 is 16.1. The number of amides is 2. The van der Waals surface area contributed by atoms with E-state index >= 15 is 0 Å². The topological polar surface area (TPSA) is 98.1 Å². The van der Waals surface area contributed by atoms with E-state index in [-0.39, 0.29) is 43.9 Å². The summed E-state index contributed by atoms with van der Waals surface area (Å²) in [5.74, 6) is 0.481. The lowest BCUT2D eigenvalue weighted by Crippen LogP contribution is -2.45. The van der Waals surface area contributed by atoms with Crippen molar-refractivity contribution in [1.29, 1.82) is 0 Å². The van der Waals surface area contributed by atoms with Gasteiger partial charge in [0.1, 0.15) is 23.8 Å². The Bertz CT molecular complexity index is 1130. The molecule has 1 aliphatic heterocycles. The number of hydrogen-bond acceptors (Lipinski definition) is 6. The largest absolute Gasteiger partial charge is 0.485 e. The molecule has 2 heterocycles. The first-order chi connectivity index (χ1) is 15.5. The van der Waals surface area contributed by atoms with E-state index in [4.69, 9.17) is 25.5 Å². The van der Waals surface area contributed by atoms with Gasteiger partial charge in [0.25, 0.3) is 5.91 Å². The van der Waals surface area contributed by atoms with Crippen LogP contribution in [-0.2, 0) is 16.1 Å². The zero-order valence-corrected chi connectivity index (χ0v) is 17.6. The minimum Gasteiger partial charge on any atom is -0.485 e. The second-order valence-corrected chi connectivity index (χ2v) is 7.41. The van der Waals surface area contributed by atoms with Crippen molar-refractivity contribution in [2.24, 2.45) is 0 Å². The molecule has 0 atom stereocenters. The smallest absolute Gasteiger partial charge is 0.265 e. The maximum absolute atomic E-state index is 12.6. The van der Waals surface area contributed by atoms with Crippen LogP contribution in [0.25, 0.3) is 0 Å². The maximum Gasteiger partial charge on any atom is 0.265 e. The SMILES string of the molecule is O=C(CN1C(=O)COc2ccc(C(=O)COc3ccc(Cl)cc3)cc21)NCc1ccco1. The fraction of sp³-hybridized carbons (Fsp3) is 0.174. The van der Waals surface area contributed by atoms with E-state index in [1.807, 2.05) is 0 Å². The van der Waals surface area contributed by atoms with Crippen molar-refractivity contribution in [2.75, 3.05) is 24.7 Å².